The molecule has 2 aromatic carbocycles. The molecular formula is C18H22N2O2. The Morgan fingerprint density at radius 2 is 1.91 bits per heavy atom. The van der Waals surface area contributed by atoms with Crippen LogP contribution >= 0.6 is 0 Å². The summed E-state index contributed by atoms with van der Waals surface area (Å²) in [5, 5.41) is 2.89. The maximum Gasteiger partial charge on any atom is 0.229 e. The van der Waals surface area contributed by atoms with Gasteiger partial charge in [0.2, 0.25) is 5.91 Å². The topological polar surface area (TPSA) is 64.3 Å². The van der Waals surface area contributed by atoms with Gasteiger partial charge in [0.05, 0.1) is 12.5 Å². The largest absolute Gasteiger partial charge is 0.494 e. The van der Waals surface area contributed by atoms with Gasteiger partial charge >= 0.3 is 0 Å². The number of ether oxygens (including phenoxy) is 1. The van der Waals surface area contributed by atoms with E-state index in [1.165, 1.54) is 0 Å². The predicted octanol–water partition coefficient (Wildman–Crippen LogP) is 3.36. The molecule has 2 aromatic rings. The molecule has 2 atom stereocenters. The summed E-state index contributed by atoms with van der Waals surface area (Å²) in [7, 11) is 0. The SMILES string of the molecule is CCOc1cccc(NC(=O)C(C)C(N)c2ccccc2)c1. The number of hydrogen-bond acceptors (Lipinski definition) is 3. The lowest BCUT2D eigenvalue weighted by Crippen LogP contribution is -2.30. The van der Waals surface area contributed by atoms with E-state index in [-0.39, 0.29) is 17.9 Å². The van der Waals surface area contributed by atoms with Gasteiger partial charge < -0.3 is 15.8 Å². The van der Waals surface area contributed by atoms with Crippen LogP contribution < -0.4 is 15.8 Å². The van der Waals surface area contributed by atoms with E-state index in [1.807, 2.05) is 68.4 Å². The molecule has 0 saturated heterocycles. The van der Waals surface area contributed by atoms with E-state index >= 15 is 0 Å². The Morgan fingerprint density at radius 1 is 1.18 bits per heavy atom. The molecule has 0 bridgehead atoms. The Hall–Kier alpha value is -2.33. The van der Waals surface area contributed by atoms with Crippen LogP contribution in [0.4, 0.5) is 5.69 Å². The normalized spacial score (nSPS) is 13.2. The Bertz CT molecular complexity index is 613. The second kappa shape index (κ2) is 7.61. The van der Waals surface area contributed by atoms with E-state index in [9.17, 15) is 4.79 Å². The number of anilines is 1. The molecule has 22 heavy (non-hydrogen) atoms. The van der Waals surface area contributed by atoms with Crippen molar-refractivity contribution in [2.24, 2.45) is 11.7 Å². The van der Waals surface area contributed by atoms with Gasteiger partial charge in [-0.15, -0.1) is 0 Å². The van der Waals surface area contributed by atoms with Gasteiger partial charge in [0.1, 0.15) is 5.75 Å². The average molecular weight is 298 g/mol. The summed E-state index contributed by atoms with van der Waals surface area (Å²) in [5.74, 6) is 0.295. The van der Waals surface area contributed by atoms with Gasteiger partial charge in [0, 0.05) is 17.8 Å². The molecule has 0 fully saturated rings. The Morgan fingerprint density at radius 3 is 2.59 bits per heavy atom. The van der Waals surface area contributed by atoms with Gasteiger partial charge in [0.25, 0.3) is 0 Å². The minimum atomic E-state index is -0.337. The van der Waals surface area contributed by atoms with E-state index in [2.05, 4.69) is 5.32 Å². The highest BCUT2D eigenvalue weighted by Crippen LogP contribution is 2.22. The summed E-state index contributed by atoms with van der Waals surface area (Å²) in [5.41, 5.74) is 7.85. The van der Waals surface area contributed by atoms with Gasteiger partial charge in [-0.1, -0.05) is 43.3 Å². The summed E-state index contributed by atoms with van der Waals surface area (Å²) >= 11 is 0. The first-order valence-corrected chi connectivity index (χ1v) is 7.46. The highest BCUT2D eigenvalue weighted by atomic mass is 16.5. The molecule has 0 heterocycles. The summed E-state index contributed by atoms with van der Waals surface area (Å²) in [6.07, 6.45) is 0. The second-order valence-corrected chi connectivity index (χ2v) is 5.18. The molecule has 1 amide bonds. The zero-order chi connectivity index (χ0) is 15.9. The predicted molar refractivity (Wildman–Crippen MR) is 88.8 cm³/mol. The van der Waals surface area contributed by atoms with Gasteiger partial charge in [-0.2, -0.15) is 0 Å². The van der Waals surface area contributed by atoms with Gasteiger partial charge in [-0.3, -0.25) is 4.79 Å². The average Bonchev–Trinajstić information content (AvgIpc) is 2.55. The molecule has 0 aliphatic rings. The first-order chi connectivity index (χ1) is 10.6. The van der Waals surface area contributed by atoms with Crippen LogP contribution in [0.3, 0.4) is 0 Å². The standard InChI is InChI=1S/C18H22N2O2/c1-3-22-16-11-7-10-15(12-16)20-18(21)13(2)17(19)14-8-5-4-6-9-14/h4-13,17H,3,19H2,1-2H3,(H,20,21). The molecule has 4 heteroatoms. The smallest absolute Gasteiger partial charge is 0.229 e. The minimum Gasteiger partial charge on any atom is -0.494 e. The monoisotopic (exact) mass is 298 g/mol. The van der Waals surface area contributed by atoms with Crippen molar-refractivity contribution in [3.05, 3.63) is 60.2 Å². The summed E-state index contributed by atoms with van der Waals surface area (Å²) in [4.78, 5) is 12.4. The second-order valence-electron chi connectivity index (χ2n) is 5.18. The summed E-state index contributed by atoms with van der Waals surface area (Å²) in [6.45, 7) is 4.35. The van der Waals surface area contributed by atoms with Crippen molar-refractivity contribution in [1.29, 1.82) is 0 Å². The number of carbonyl (C=O) groups is 1. The molecule has 0 saturated carbocycles. The van der Waals surface area contributed by atoms with E-state index in [1.54, 1.807) is 0 Å². The Kier molecular flexibility index (Phi) is 5.55. The zero-order valence-corrected chi connectivity index (χ0v) is 13.0. The van der Waals surface area contributed by atoms with Gasteiger partial charge in [0.15, 0.2) is 0 Å². The molecular weight excluding hydrogens is 276 g/mol. The number of rotatable bonds is 6. The van der Waals surface area contributed by atoms with E-state index in [4.69, 9.17) is 10.5 Å². The molecule has 0 aliphatic heterocycles. The molecule has 0 spiro atoms. The molecule has 2 unspecified atom stereocenters. The lowest BCUT2D eigenvalue weighted by Gasteiger charge is -2.20. The van der Waals surface area contributed by atoms with E-state index in [0.29, 0.717) is 12.3 Å². The highest BCUT2D eigenvalue weighted by molar-refractivity contribution is 5.93. The first kappa shape index (κ1) is 16.0. The number of hydrogen-bond donors (Lipinski definition) is 2. The van der Waals surface area contributed by atoms with Crippen LogP contribution in [-0.4, -0.2) is 12.5 Å². The molecule has 4 nitrogen and oxygen atoms in total. The number of amides is 1. The van der Waals surface area contributed by atoms with Gasteiger partial charge in [-0.05, 0) is 24.6 Å². The Labute approximate surface area is 131 Å². The van der Waals surface area contributed by atoms with Crippen LogP contribution in [0.25, 0.3) is 0 Å². The maximum absolute atomic E-state index is 12.4. The van der Waals surface area contributed by atoms with E-state index in [0.717, 1.165) is 11.3 Å². The lowest BCUT2D eigenvalue weighted by atomic mass is 9.94. The van der Waals surface area contributed by atoms with Crippen molar-refractivity contribution in [1.82, 2.24) is 0 Å². The summed E-state index contributed by atoms with van der Waals surface area (Å²) in [6, 6.07) is 16.7. The fraction of sp³-hybridized carbons (Fsp3) is 0.278. The van der Waals surface area contributed by atoms with E-state index < -0.39 is 0 Å². The zero-order valence-electron chi connectivity index (χ0n) is 13.0. The third-order valence-corrected chi connectivity index (χ3v) is 3.55. The van der Waals surface area contributed by atoms with Crippen LogP contribution in [0, 0.1) is 5.92 Å². The molecule has 0 radical (unpaired) electrons. The van der Waals surface area contributed by atoms with Crippen molar-refractivity contribution in [3.8, 4) is 5.75 Å². The van der Waals surface area contributed by atoms with Gasteiger partial charge in [-0.25, -0.2) is 0 Å². The van der Waals surface area contributed by atoms with Crippen LogP contribution in [0.1, 0.15) is 25.5 Å². The molecule has 0 aliphatic carbocycles. The molecule has 2 rings (SSSR count). The van der Waals surface area contributed by atoms with Crippen molar-refractivity contribution >= 4 is 11.6 Å². The molecule has 3 N–H and O–H groups in total. The minimum absolute atomic E-state index is 0.106. The number of benzene rings is 2. The van der Waals surface area contributed by atoms with Crippen molar-refractivity contribution < 1.29 is 9.53 Å². The van der Waals surface area contributed by atoms with Crippen LogP contribution in [0.15, 0.2) is 54.6 Å². The first-order valence-electron chi connectivity index (χ1n) is 7.46. The fourth-order valence-corrected chi connectivity index (χ4v) is 2.21. The van der Waals surface area contributed by atoms with Crippen LogP contribution in [0.2, 0.25) is 0 Å². The number of nitrogens with one attached hydrogen (secondary N) is 1. The van der Waals surface area contributed by atoms with Crippen molar-refractivity contribution in [2.45, 2.75) is 19.9 Å². The lowest BCUT2D eigenvalue weighted by molar-refractivity contribution is -0.120. The third-order valence-electron chi connectivity index (χ3n) is 3.55. The third kappa shape index (κ3) is 4.09. The Balaban J connectivity index is 2.03. The maximum atomic E-state index is 12.4. The van der Waals surface area contributed by atoms with Crippen LogP contribution in [-0.2, 0) is 4.79 Å². The molecule has 0 aromatic heterocycles. The quantitative estimate of drug-likeness (QED) is 0.859. The van der Waals surface area contributed by atoms with Crippen molar-refractivity contribution in [3.63, 3.8) is 0 Å². The number of carbonyl (C=O) groups excluding carboxylic acids is 1. The summed E-state index contributed by atoms with van der Waals surface area (Å²) < 4.78 is 5.43. The molecule has 116 valence electrons. The van der Waals surface area contributed by atoms with Crippen LogP contribution in [0.5, 0.6) is 5.75 Å². The number of nitrogens with two attached hydrogens (primary N) is 1. The highest BCUT2D eigenvalue weighted by Gasteiger charge is 2.22. The fourth-order valence-electron chi connectivity index (χ4n) is 2.21. The van der Waals surface area contributed by atoms with Crippen molar-refractivity contribution in [2.75, 3.05) is 11.9 Å².